The summed E-state index contributed by atoms with van der Waals surface area (Å²) >= 11 is 0. The lowest BCUT2D eigenvalue weighted by Gasteiger charge is -2.26. The number of benzene rings is 2. The minimum absolute atomic E-state index is 0.0877. The quantitative estimate of drug-likeness (QED) is 0.487. The molecule has 0 saturated carbocycles. The molecule has 1 unspecified atom stereocenters. The van der Waals surface area contributed by atoms with Gasteiger partial charge in [0, 0.05) is 11.5 Å². The number of rotatable bonds is 4. The molecule has 148 valence electrons. The molecular weight excluding hydrogens is 374 g/mol. The van der Waals surface area contributed by atoms with Crippen LogP contribution in [0.5, 0.6) is 17.2 Å². The van der Waals surface area contributed by atoms with Crippen molar-refractivity contribution in [3.8, 4) is 17.2 Å². The maximum Gasteiger partial charge on any atom is 0.312 e. The molecule has 7 heteroatoms. The molecular formula is C22H19NO6. The van der Waals surface area contributed by atoms with Crippen molar-refractivity contribution in [2.24, 2.45) is 5.73 Å². The first-order valence-corrected chi connectivity index (χ1v) is 9.14. The number of ether oxygens (including phenoxy) is 3. The number of amides is 1. The highest BCUT2D eigenvalue weighted by molar-refractivity contribution is 6.13. The summed E-state index contributed by atoms with van der Waals surface area (Å²) < 4.78 is 16.7. The van der Waals surface area contributed by atoms with Gasteiger partial charge in [-0.1, -0.05) is 12.1 Å². The second-order valence-corrected chi connectivity index (χ2v) is 7.17. The Balaban J connectivity index is 1.81. The van der Waals surface area contributed by atoms with E-state index >= 15 is 0 Å². The SMILES string of the molecule is CC(C)=C1Oc2c(ccc3c2C(c2cccc(OCC(N)=O)c2)CC(=O)O3)C1=O. The van der Waals surface area contributed by atoms with Crippen molar-refractivity contribution >= 4 is 17.7 Å². The van der Waals surface area contributed by atoms with Gasteiger partial charge in [0.1, 0.15) is 17.2 Å². The van der Waals surface area contributed by atoms with E-state index in [0.29, 0.717) is 34.1 Å². The van der Waals surface area contributed by atoms with Crippen LogP contribution in [0.15, 0.2) is 47.7 Å². The van der Waals surface area contributed by atoms with Crippen molar-refractivity contribution in [1.29, 1.82) is 0 Å². The molecule has 2 aliphatic rings. The van der Waals surface area contributed by atoms with Crippen molar-refractivity contribution < 1.29 is 28.6 Å². The fraction of sp³-hybridized carbons (Fsp3) is 0.227. The van der Waals surface area contributed by atoms with Gasteiger partial charge in [0.15, 0.2) is 12.4 Å². The van der Waals surface area contributed by atoms with Crippen LogP contribution in [0.2, 0.25) is 0 Å². The van der Waals surface area contributed by atoms with Crippen molar-refractivity contribution in [3.63, 3.8) is 0 Å². The summed E-state index contributed by atoms with van der Waals surface area (Å²) in [5, 5.41) is 0. The van der Waals surface area contributed by atoms with E-state index in [1.54, 1.807) is 30.3 Å². The number of hydrogen-bond donors (Lipinski definition) is 1. The third-order valence-electron chi connectivity index (χ3n) is 4.85. The molecule has 4 rings (SSSR count). The molecule has 2 N–H and O–H groups in total. The predicted molar refractivity (Wildman–Crippen MR) is 103 cm³/mol. The molecule has 2 aromatic carbocycles. The van der Waals surface area contributed by atoms with Crippen LogP contribution in [-0.2, 0) is 9.59 Å². The Morgan fingerprint density at radius 3 is 2.69 bits per heavy atom. The zero-order chi connectivity index (χ0) is 20.7. The predicted octanol–water partition coefficient (Wildman–Crippen LogP) is 2.86. The monoisotopic (exact) mass is 393 g/mol. The first kappa shape index (κ1) is 18.7. The van der Waals surface area contributed by atoms with E-state index in [2.05, 4.69) is 0 Å². The maximum absolute atomic E-state index is 12.7. The molecule has 2 aromatic rings. The lowest BCUT2D eigenvalue weighted by Crippen LogP contribution is -2.22. The number of allylic oxidation sites excluding steroid dienone is 2. The van der Waals surface area contributed by atoms with Crippen molar-refractivity contribution in [2.75, 3.05) is 6.61 Å². The lowest BCUT2D eigenvalue weighted by atomic mass is 9.84. The van der Waals surface area contributed by atoms with Gasteiger partial charge in [-0.2, -0.15) is 0 Å². The Labute approximate surface area is 167 Å². The van der Waals surface area contributed by atoms with Crippen molar-refractivity contribution in [1.82, 2.24) is 0 Å². The minimum Gasteiger partial charge on any atom is -0.484 e. The van der Waals surface area contributed by atoms with Gasteiger partial charge in [-0.05, 0) is 49.2 Å². The highest BCUT2D eigenvalue weighted by Crippen LogP contribution is 2.49. The molecule has 0 radical (unpaired) electrons. The Bertz CT molecular complexity index is 1080. The van der Waals surface area contributed by atoms with E-state index in [1.807, 2.05) is 19.9 Å². The molecule has 7 nitrogen and oxygen atoms in total. The topological polar surface area (TPSA) is 105 Å². The third-order valence-corrected chi connectivity index (χ3v) is 4.85. The molecule has 0 fully saturated rings. The Morgan fingerprint density at radius 2 is 1.97 bits per heavy atom. The number of nitrogens with two attached hydrogens (primary N) is 1. The standard InChI is InChI=1S/C22H19NO6/c1-11(2)21-20(26)14-6-7-16-19(22(14)29-21)15(9-18(25)28-16)12-4-3-5-13(8-12)27-10-17(23)24/h3-8,15H,9-10H2,1-2H3,(H2,23,24). The molecule has 0 aromatic heterocycles. The molecule has 2 heterocycles. The van der Waals surface area contributed by atoms with Crippen LogP contribution < -0.4 is 19.9 Å². The van der Waals surface area contributed by atoms with Crippen molar-refractivity contribution in [3.05, 3.63) is 64.4 Å². The zero-order valence-corrected chi connectivity index (χ0v) is 16.0. The number of ketones is 1. The van der Waals surface area contributed by atoms with Crippen LogP contribution in [0, 0.1) is 0 Å². The smallest absolute Gasteiger partial charge is 0.312 e. The van der Waals surface area contributed by atoms with Gasteiger partial charge in [0.25, 0.3) is 5.91 Å². The Kier molecular flexibility index (Phi) is 4.58. The highest BCUT2D eigenvalue weighted by Gasteiger charge is 2.38. The molecule has 0 spiro atoms. The van der Waals surface area contributed by atoms with E-state index in [-0.39, 0.29) is 30.7 Å². The summed E-state index contributed by atoms with van der Waals surface area (Å²) in [6, 6.07) is 10.3. The van der Waals surface area contributed by atoms with E-state index in [9.17, 15) is 14.4 Å². The number of carbonyl (C=O) groups excluding carboxylic acids is 3. The van der Waals surface area contributed by atoms with Crippen LogP contribution in [0.3, 0.4) is 0 Å². The molecule has 0 aliphatic carbocycles. The molecule has 0 saturated heterocycles. The van der Waals surface area contributed by atoms with E-state index in [4.69, 9.17) is 19.9 Å². The Hall–Kier alpha value is -3.61. The average molecular weight is 393 g/mol. The van der Waals surface area contributed by atoms with Crippen LogP contribution in [-0.4, -0.2) is 24.3 Å². The number of Topliss-reactive ketones (excluding diaryl/α,β-unsaturated/α-hetero) is 1. The average Bonchev–Trinajstić information content (AvgIpc) is 3.03. The van der Waals surface area contributed by atoms with Gasteiger partial charge in [-0.15, -0.1) is 0 Å². The molecule has 2 aliphatic heterocycles. The van der Waals surface area contributed by atoms with Crippen LogP contribution in [0.4, 0.5) is 0 Å². The van der Waals surface area contributed by atoms with E-state index < -0.39 is 5.91 Å². The second-order valence-electron chi connectivity index (χ2n) is 7.17. The van der Waals surface area contributed by atoms with Gasteiger partial charge >= 0.3 is 5.97 Å². The number of fused-ring (bicyclic) bond motifs is 3. The second kappa shape index (κ2) is 7.09. The summed E-state index contributed by atoms with van der Waals surface area (Å²) in [6.07, 6.45) is 0.0877. The third kappa shape index (κ3) is 3.35. The number of hydrogen-bond acceptors (Lipinski definition) is 6. The first-order valence-electron chi connectivity index (χ1n) is 9.14. The van der Waals surface area contributed by atoms with Crippen LogP contribution in [0.1, 0.15) is 47.7 Å². The first-order chi connectivity index (χ1) is 13.8. The number of esters is 1. The van der Waals surface area contributed by atoms with Gasteiger partial charge in [0.05, 0.1) is 12.0 Å². The van der Waals surface area contributed by atoms with E-state index in [1.165, 1.54) is 0 Å². The summed E-state index contributed by atoms with van der Waals surface area (Å²) in [5.74, 6) is 0.0122. The summed E-state index contributed by atoms with van der Waals surface area (Å²) in [6.45, 7) is 3.37. The number of carbonyl (C=O) groups is 3. The van der Waals surface area contributed by atoms with Gasteiger partial charge in [-0.3, -0.25) is 14.4 Å². The molecule has 1 amide bonds. The summed E-state index contributed by atoms with van der Waals surface area (Å²) in [5.41, 5.74) is 7.78. The highest BCUT2D eigenvalue weighted by atomic mass is 16.5. The number of primary amides is 1. The minimum atomic E-state index is -0.582. The fourth-order valence-corrected chi connectivity index (χ4v) is 3.58. The van der Waals surface area contributed by atoms with Crippen LogP contribution >= 0.6 is 0 Å². The zero-order valence-electron chi connectivity index (χ0n) is 16.0. The van der Waals surface area contributed by atoms with E-state index in [0.717, 1.165) is 11.1 Å². The molecule has 1 atom stereocenters. The normalized spacial score (nSPS) is 17.2. The fourth-order valence-electron chi connectivity index (χ4n) is 3.58. The molecule has 29 heavy (non-hydrogen) atoms. The molecule has 0 bridgehead atoms. The Morgan fingerprint density at radius 1 is 1.17 bits per heavy atom. The largest absolute Gasteiger partial charge is 0.484 e. The van der Waals surface area contributed by atoms with Crippen LogP contribution in [0.25, 0.3) is 0 Å². The van der Waals surface area contributed by atoms with Gasteiger partial charge in [0.2, 0.25) is 5.78 Å². The van der Waals surface area contributed by atoms with Gasteiger partial charge in [-0.25, -0.2) is 0 Å². The summed E-state index contributed by atoms with van der Waals surface area (Å²) in [4.78, 5) is 35.9. The maximum atomic E-state index is 12.7. The van der Waals surface area contributed by atoms with Crippen molar-refractivity contribution in [2.45, 2.75) is 26.2 Å². The van der Waals surface area contributed by atoms with Gasteiger partial charge < -0.3 is 19.9 Å². The lowest BCUT2D eigenvalue weighted by molar-refractivity contribution is -0.135. The summed E-state index contributed by atoms with van der Waals surface area (Å²) in [7, 11) is 0.